The highest BCUT2D eigenvalue weighted by molar-refractivity contribution is 5.92. The van der Waals surface area contributed by atoms with Crippen molar-refractivity contribution in [1.82, 2.24) is 0 Å². The van der Waals surface area contributed by atoms with E-state index in [1.807, 2.05) is 0 Å². The van der Waals surface area contributed by atoms with Gasteiger partial charge in [0.2, 0.25) is 0 Å². The van der Waals surface area contributed by atoms with E-state index in [9.17, 15) is 19.5 Å². The molecule has 0 heterocycles. The smallest absolute Gasteiger partial charge is 0.336 e. The molecular weight excluding hydrogens is 188 g/mol. The number of Topliss-reactive ketones (excluding diaryl/α,β-unsaturated/α-hetero) is 2. The number of aliphatic carboxylic acids is 1. The maximum absolute atomic E-state index is 11.0. The Labute approximate surface area is 81.7 Å². The molecule has 0 spiro atoms. The van der Waals surface area contributed by atoms with Crippen molar-refractivity contribution >= 4 is 17.5 Å². The molecule has 0 fully saturated rings. The van der Waals surface area contributed by atoms with Crippen molar-refractivity contribution in [3.63, 3.8) is 0 Å². The van der Waals surface area contributed by atoms with Crippen LogP contribution in [0.1, 0.15) is 33.1 Å². The molecule has 0 amide bonds. The minimum Gasteiger partial charge on any atom is -0.479 e. The largest absolute Gasteiger partial charge is 0.479 e. The molecule has 14 heavy (non-hydrogen) atoms. The first kappa shape index (κ1) is 12.8. The van der Waals surface area contributed by atoms with Crippen LogP contribution < -0.4 is 0 Å². The third-order valence-corrected chi connectivity index (χ3v) is 1.82. The van der Waals surface area contributed by atoms with Crippen molar-refractivity contribution in [2.45, 2.75) is 38.7 Å². The van der Waals surface area contributed by atoms with Crippen LogP contribution in [-0.4, -0.2) is 33.3 Å². The van der Waals surface area contributed by atoms with E-state index < -0.39 is 30.2 Å². The molecule has 0 bridgehead atoms. The molecule has 0 aromatic carbocycles. The summed E-state index contributed by atoms with van der Waals surface area (Å²) >= 11 is 0. The molecule has 0 aromatic rings. The summed E-state index contributed by atoms with van der Waals surface area (Å²) in [4.78, 5) is 32.3. The zero-order chi connectivity index (χ0) is 11.4. The lowest BCUT2D eigenvalue weighted by Gasteiger charge is -2.20. The van der Waals surface area contributed by atoms with Gasteiger partial charge in [0.25, 0.3) is 0 Å². The topological polar surface area (TPSA) is 91.7 Å². The fourth-order valence-electron chi connectivity index (χ4n) is 1.08. The molecule has 0 aromatic heterocycles. The van der Waals surface area contributed by atoms with E-state index in [1.165, 1.54) is 6.92 Å². The molecule has 0 aliphatic rings. The predicted molar refractivity (Wildman–Crippen MR) is 47.8 cm³/mol. The lowest BCUT2D eigenvalue weighted by molar-refractivity contribution is -0.163. The quantitative estimate of drug-likeness (QED) is 0.639. The van der Waals surface area contributed by atoms with Gasteiger partial charge in [-0.15, -0.1) is 0 Å². The van der Waals surface area contributed by atoms with Gasteiger partial charge in [-0.1, -0.05) is 6.92 Å². The van der Waals surface area contributed by atoms with Crippen molar-refractivity contribution in [2.75, 3.05) is 0 Å². The highest BCUT2D eigenvalue weighted by Crippen LogP contribution is 2.17. The van der Waals surface area contributed by atoms with E-state index in [2.05, 4.69) is 0 Å². The van der Waals surface area contributed by atoms with Crippen LogP contribution in [0.4, 0.5) is 0 Å². The Kier molecular flexibility index (Phi) is 4.43. The van der Waals surface area contributed by atoms with E-state index in [-0.39, 0.29) is 12.2 Å². The minimum atomic E-state index is -2.24. The number of carbonyl (C=O) groups is 3. The Hall–Kier alpha value is -1.23. The van der Waals surface area contributed by atoms with Crippen LogP contribution >= 0.6 is 0 Å². The van der Waals surface area contributed by atoms with E-state index in [4.69, 9.17) is 5.11 Å². The summed E-state index contributed by atoms with van der Waals surface area (Å²) in [6, 6.07) is 0. The first-order valence-corrected chi connectivity index (χ1v) is 4.28. The standard InChI is InChI=1S/C9H14O5/c1-3-7(11)5-9(14,8(12)13)4-6(2)10/h14H,3-5H2,1-2H3,(H,12,13). The van der Waals surface area contributed by atoms with Crippen LogP contribution in [0.3, 0.4) is 0 Å². The Balaban J connectivity index is 4.63. The van der Waals surface area contributed by atoms with Crippen molar-refractivity contribution < 1.29 is 24.6 Å². The maximum atomic E-state index is 11.0. The second-order valence-electron chi connectivity index (χ2n) is 3.28. The second-order valence-corrected chi connectivity index (χ2v) is 3.28. The Bertz CT molecular complexity index is 258. The number of carbonyl (C=O) groups excluding carboxylic acids is 2. The summed E-state index contributed by atoms with van der Waals surface area (Å²) in [7, 11) is 0. The summed E-state index contributed by atoms with van der Waals surface area (Å²) in [5, 5.41) is 18.2. The molecule has 2 N–H and O–H groups in total. The van der Waals surface area contributed by atoms with Gasteiger partial charge in [-0.05, 0) is 6.92 Å². The van der Waals surface area contributed by atoms with Crippen molar-refractivity contribution in [1.29, 1.82) is 0 Å². The number of carboxylic acid groups (broad SMARTS) is 1. The Morgan fingerprint density at radius 3 is 2.00 bits per heavy atom. The van der Waals surface area contributed by atoms with Crippen LogP contribution in [0.25, 0.3) is 0 Å². The molecule has 0 aliphatic heterocycles. The molecule has 0 saturated carbocycles. The number of carboxylic acids is 1. The lowest BCUT2D eigenvalue weighted by atomic mass is 9.91. The molecule has 1 atom stereocenters. The van der Waals surface area contributed by atoms with E-state index in [0.29, 0.717) is 0 Å². The molecule has 1 unspecified atom stereocenters. The SMILES string of the molecule is CCC(=O)CC(O)(CC(C)=O)C(=O)O. The average molecular weight is 202 g/mol. The summed E-state index contributed by atoms with van der Waals surface area (Å²) in [6.45, 7) is 2.74. The van der Waals surface area contributed by atoms with E-state index in [0.717, 1.165) is 0 Å². The molecular formula is C9H14O5. The van der Waals surface area contributed by atoms with Gasteiger partial charge in [-0.2, -0.15) is 0 Å². The van der Waals surface area contributed by atoms with Crippen LogP contribution in [0.15, 0.2) is 0 Å². The van der Waals surface area contributed by atoms with Gasteiger partial charge in [0.1, 0.15) is 11.6 Å². The zero-order valence-electron chi connectivity index (χ0n) is 8.24. The number of ketones is 2. The number of hydrogen-bond acceptors (Lipinski definition) is 4. The van der Waals surface area contributed by atoms with Crippen LogP contribution in [-0.2, 0) is 14.4 Å². The zero-order valence-corrected chi connectivity index (χ0v) is 8.24. The van der Waals surface area contributed by atoms with Gasteiger partial charge >= 0.3 is 5.97 Å². The minimum absolute atomic E-state index is 0.146. The van der Waals surface area contributed by atoms with Gasteiger partial charge in [0.05, 0.1) is 0 Å². The van der Waals surface area contributed by atoms with E-state index >= 15 is 0 Å². The predicted octanol–water partition coefficient (Wildman–Crippen LogP) is 0.150. The summed E-state index contributed by atoms with van der Waals surface area (Å²) < 4.78 is 0. The van der Waals surface area contributed by atoms with Crippen LogP contribution in [0, 0.1) is 0 Å². The number of hydrogen-bond donors (Lipinski definition) is 2. The number of rotatable bonds is 6. The molecule has 0 saturated heterocycles. The fourth-order valence-corrected chi connectivity index (χ4v) is 1.08. The first-order valence-electron chi connectivity index (χ1n) is 4.28. The number of aliphatic hydroxyl groups is 1. The summed E-state index contributed by atoms with van der Waals surface area (Å²) in [5.74, 6) is -2.37. The van der Waals surface area contributed by atoms with Gasteiger partial charge in [-0.25, -0.2) is 4.79 Å². The molecule has 0 radical (unpaired) electrons. The summed E-state index contributed by atoms with van der Waals surface area (Å²) in [5.41, 5.74) is -2.24. The van der Waals surface area contributed by atoms with E-state index in [1.54, 1.807) is 6.92 Å². The molecule has 0 aliphatic carbocycles. The Morgan fingerprint density at radius 2 is 1.71 bits per heavy atom. The first-order chi connectivity index (χ1) is 6.31. The van der Waals surface area contributed by atoms with Gasteiger partial charge in [0.15, 0.2) is 5.60 Å². The molecule has 5 nitrogen and oxygen atoms in total. The molecule has 5 heteroatoms. The van der Waals surface area contributed by atoms with Gasteiger partial charge < -0.3 is 10.2 Å². The van der Waals surface area contributed by atoms with Gasteiger partial charge in [0, 0.05) is 19.3 Å². The average Bonchev–Trinajstić information content (AvgIpc) is 2.02. The molecule has 80 valence electrons. The molecule has 0 rings (SSSR count). The van der Waals surface area contributed by atoms with Gasteiger partial charge in [-0.3, -0.25) is 9.59 Å². The second kappa shape index (κ2) is 4.85. The third kappa shape index (κ3) is 3.66. The van der Waals surface area contributed by atoms with Crippen molar-refractivity contribution in [2.24, 2.45) is 0 Å². The van der Waals surface area contributed by atoms with Crippen LogP contribution in [0.2, 0.25) is 0 Å². The lowest BCUT2D eigenvalue weighted by Crippen LogP contribution is -2.42. The monoisotopic (exact) mass is 202 g/mol. The van der Waals surface area contributed by atoms with Crippen molar-refractivity contribution in [3.8, 4) is 0 Å². The Morgan fingerprint density at radius 1 is 1.21 bits per heavy atom. The highest BCUT2D eigenvalue weighted by Gasteiger charge is 2.38. The highest BCUT2D eigenvalue weighted by atomic mass is 16.4. The van der Waals surface area contributed by atoms with Crippen molar-refractivity contribution in [3.05, 3.63) is 0 Å². The maximum Gasteiger partial charge on any atom is 0.336 e. The fraction of sp³-hybridized carbons (Fsp3) is 0.667. The third-order valence-electron chi connectivity index (χ3n) is 1.82. The normalized spacial score (nSPS) is 14.5. The van der Waals surface area contributed by atoms with Crippen LogP contribution in [0.5, 0.6) is 0 Å². The summed E-state index contributed by atoms with van der Waals surface area (Å²) in [6.07, 6.45) is -0.903.